The number of ether oxygens (including phenoxy) is 1. The van der Waals surface area contributed by atoms with E-state index in [1.165, 1.54) is 12.1 Å². The summed E-state index contributed by atoms with van der Waals surface area (Å²) in [6.45, 7) is 1.88. The van der Waals surface area contributed by atoms with Crippen molar-refractivity contribution in [3.8, 4) is 0 Å². The van der Waals surface area contributed by atoms with Crippen LogP contribution in [0.3, 0.4) is 0 Å². The monoisotopic (exact) mass is 309 g/mol. The van der Waals surface area contributed by atoms with Crippen LogP contribution in [0.25, 0.3) is 0 Å². The normalized spacial score (nSPS) is 10.0. The van der Waals surface area contributed by atoms with Crippen LogP contribution in [0.2, 0.25) is 15.1 Å². The lowest BCUT2D eigenvalue weighted by Gasteiger charge is -2.08. The molecule has 4 nitrogen and oxygen atoms in total. The zero-order valence-electron chi connectivity index (χ0n) is 9.43. The van der Waals surface area contributed by atoms with Crippen molar-refractivity contribution in [3.63, 3.8) is 0 Å². The van der Waals surface area contributed by atoms with E-state index in [0.29, 0.717) is 5.69 Å². The van der Waals surface area contributed by atoms with Crippen molar-refractivity contribution in [2.45, 2.75) is 13.3 Å². The third kappa shape index (κ3) is 4.37. The van der Waals surface area contributed by atoms with Crippen molar-refractivity contribution in [3.05, 3.63) is 27.2 Å². The third-order valence-corrected chi connectivity index (χ3v) is 2.93. The Bertz CT molecular complexity index is 477. The molecule has 18 heavy (non-hydrogen) atoms. The summed E-state index contributed by atoms with van der Waals surface area (Å²) in [5.74, 6) is -1.14. The molecule has 0 aliphatic rings. The predicted octanol–water partition coefficient (Wildman–Crippen LogP) is 3.54. The topological polar surface area (TPSA) is 55.4 Å². The fraction of sp³-hybridized carbons (Fsp3) is 0.273. The van der Waals surface area contributed by atoms with Crippen LogP contribution in [0.5, 0.6) is 0 Å². The Kier molecular flexibility index (Phi) is 5.72. The van der Waals surface area contributed by atoms with E-state index in [-0.39, 0.29) is 28.1 Å². The zero-order chi connectivity index (χ0) is 13.7. The van der Waals surface area contributed by atoms with Crippen molar-refractivity contribution in [2.75, 3.05) is 11.9 Å². The zero-order valence-corrected chi connectivity index (χ0v) is 11.7. The van der Waals surface area contributed by atoms with Gasteiger partial charge < -0.3 is 10.1 Å². The van der Waals surface area contributed by atoms with Gasteiger partial charge in [0.2, 0.25) is 5.91 Å². The Morgan fingerprint density at radius 3 is 2.39 bits per heavy atom. The first-order valence-electron chi connectivity index (χ1n) is 5.04. The van der Waals surface area contributed by atoms with E-state index < -0.39 is 11.9 Å². The molecule has 0 unspecified atom stereocenters. The molecule has 0 bridgehead atoms. The van der Waals surface area contributed by atoms with Gasteiger partial charge in [-0.15, -0.1) is 0 Å². The molecule has 7 heteroatoms. The van der Waals surface area contributed by atoms with Crippen molar-refractivity contribution < 1.29 is 14.3 Å². The fourth-order valence-corrected chi connectivity index (χ4v) is 1.75. The highest BCUT2D eigenvalue weighted by molar-refractivity contribution is 6.44. The SMILES string of the molecule is CCOC(=O)CC(=O)Nc1cc(Cl)c(Cl)cc1Cl. The van der Waals surface area contributed by atoms with Crippen LogP contribution < -0.4 is 5.32 Å². The summed E-state index contributed by atoms with van der Waals surface area (Å²) in [4.78, 5) is 22.6. The Morgan fingerprint density at radius 1 is 1.17 bits per heavy atom. The highest BCUT2D eigenvalue weighted by Gasteiger charge is 2.13. The Balaban J connectivity index is 2.70. The van der Waals surface area contributed by atoms with Gasteiger partial charge in [-0.2, -0.15) is 0 Å². The molecule has 0 heterocycles. The molecule has 0 aliphatic heterocycles. The summed E-state index contributed by atoms with van der Waals surface area (Å²) in [5, 5.41) is 3.23. The number of hydrogen-bond acceptors (Lipinski definition) is 3. The fourth-order valence-electron chi connectivity index (χ4n) is 1.16. The van der Waals surface area contributed by atoms with Gasteiger partial charge in [0.15, 0.2) is 0 Å². The van der Waals surface area contributed by atoms with Crippen LogP contribution in [0, 0.1) is 0 Å². The number of hydrogen-bond donors (Lipinski definition) is 1. The molecule has 0 aromatic heterocycles. The molecule has 0 radical (unpaired) electrons. The van der Waals surface area contributed by atoms with Crippen LogP contribution in [-0.4, -0.2) is 18.5 Å². The number of anilines is 1. The molecule has 1 aromatic carbocycles. The van der Waals surface area contributed by atoms with Crippen molar-refractivity contribution in [1.82, 2.24) is 0 Å². The maximum absolute atomic E-state index is 11.5. The van der Waals surface area contributed by atoms with Gasteiger partial charge in [0.05, 0.1) is 27.4 Å². The standard InChI is InChI=1S/C11H10Cl3NO3/c1-2-18-11(17)5-10(16)15-9-4-7(13)6(12)3-8(9)14/h3-4H,2,5H2,1H3,(H,15,16). The first-order valence-corrected chi connectivity index (χ1v) is 6.17. The first-order chi connectivity index (χ1) is 8.43. The molecule has 0 aliphatic carbocycles. The van der Waals surface area contributed by atoms with Gasteiger partial charge >= 0.3 is 5.97 Å². The smallest absolute Gasteiger partial charge is 0.315 e. The minimum Gasteiger partial charge on any atom is -0.466 e. The minimum atomic E-state index is -0.605. The molecular weight excluding hydrogens is 300 g/mol. The van der Waals surface area contributed by atoms with Crippen molar-refractivity contribution in [1.29, 1.82) is 0 Å². The highest BCUT2D eigenvalue weighted by atomic mass is 35.5. The second kappa shape index (κ2) is 6.83. The van der Waals surface area contributed by atoms with Crippen LogP contribution in [0.4, 0.5) is 5.69 Å². The van der Waals surface area contributed by atoms with Crippen LogP contribution in [-0.2, 0) is 14.3 Å². The maximum atomic E-state index is 11.5. The number of esters is 1. The maximum Gasteiger partial charge on any atom is 0.315 e. The van der Waals surface area contributed by atoms with E-state index in [2.05, 4.69) is 10.1 Å². The molecule has 0 spiro atoms. The Labute approximate surface area is 119 Å². The molecule has 0 saturated heterocycles. The van der Waals surface area contributed by atoms with E-state index in [4.69, 9.17) is 34.8 Å². The Hall–Kier alpha value is -0.970. The van der Waals surface area contributed by atoms with E-state index in [1.807, 2.05) is 0 Å². The molecule has 0 atom stereocenters. The lowest BCUT2D eigenvalue weighted by molar-refractivity contribution is -0.145. The molecule has 1 N–H and O–H groups in total. The van der Waals surface area contributed by atoms with Gasteiger partial charge in [0.1, 0.15) is 6.42 Å². The minimum absolute atomic E-state index is 0.222. The van der Waals surface area contributed by atoms with Gasteiger partial charge in [-0.25, -0.2) is 0 Å². The van der Waals surface area contributed by atoms with E-state index in [0.717, 1.165) is 0 Å². The number of halogens is 3. The second-order valence-corrected chi connectivity index (χ2v) is 4.50. The summed E-state index contributed by atoms with van der Waals surface area (Å²) in [7, 11) is 0. The van der Waals surface area contributed by atoms with Crippen molar-refractivity contribution >= 4 is 52.4 Å². The number of carbonyl (C=O) groups is 2. The number of benzene rings is 1. The summed E-state index contributed by atoms with van der Waals surface area (Å²) in [6, 6.07) is 2.82. The average molecular weight is 311 g/mol. The van der Waals surface area contributed by atoms with Crippen LogP contribution in [0.15, 0.2) is 12.1 Å². The Morgan fingerprint density at radius 2 is 1.78 bits per heavy atom. The highest BCUT2D eigenvalue weighted by Crippen LogP contribution is 2.32. The molecule has 1 rings (SSSR count). The number of rotatable bonds is 4. The van der Waals surface area contributed by atoms with Crippen LogP contribution in [0.1, 0.15) is 13.3 Å². The lowest BCUT2D eigenvalue weighted by Crippen LogP contribution is -2.18. The van der Waals surface area contributed by atoms with Crippen molar-refractivity contribution in [2.24, 2.45) is 0 Å². The quantitative estimate of drug-likeness (QED) is 0.526. The summed E-state index contributed by atoms with van der Waals surface area (Å²) >= 11 is 17.4. The molecule has 1 aromatic rings. The third-order valence-electron chi connectivity index (χ3n) is 1.89. The van der Waals surface area contributed by atoms with E-state index in [9.17, 15) is 9.59 Å². The van der Waals surface area contributed by atoms with Gasteiger partial charge in [0, 0.05) is 0 Å². The summed E-state index contributed by atoms with van der Waals surface area (Å²) in [6.07, 6.45) is -0.385. The van der Waals surface area contributed by atoms with Gasteiger partial charge in [0.25, 0.3) is 0 Å². The number of amides is 1. The largest absolute Gasteiger partial charge is 0.466 e. The molecule has 98 valence electrons. The molecule has 0 fully saturated rings. The predicted molar refractivity (Wildman–Crippen MR) is 71.4 cm³/mol. The van der Waals surface area contributed by atoms with Gasteiger partial charge in [-0.1, -0.05) is 34.8 Å². The lowest BCUT2D eigenvalue weighted by atomic mass is 10.3. The second-order valence-electron chi connectivity index (χ2n) is 3.28. The first kappa shape index (κ1) is 15.1. The molecule has 0 saturated carbocycles. The summed E-state index contributed by atoms with van der Waals surface area (Å²) < 4.78 is 4.64. The average Bonchev–Trinajstić information content (AvgIpc) is 2.26. The van der Waals surface area contributed by atoms with Crippen LogP contribution >= 0.6 is 34.8 Å². The number of carbonyl (C=O) groups excluding carboxylic acids is 2. The van der Waals surface area contributed by atoms with E-state index in [1.54, 1.807) is 6.92 Å². The summed E-state index contributed by atoms with van der Waals surface area (Å²) in [5.41, 5.74) is 0.292. The van der Waals surface area contributed by atoms with Gasteiger partial charge in [-0.3, -0.25) is 9.59 Å². The van der Waals surface area contributed by atoms with E-state index >= 15 is 0 Å². The van der Waals surface area contributed by atoms with Gasteiger partial charge in [-0.05, 0) is 19.1 Å². The molecule has 1 amide bonds. The number of nitrogens with one attached hydrogen (secondary N) is 1. The molecular formula is C11H10Cl3NO3.